The van der Waals surface area contributed by atoms with E-state index < -0.39 is 0 Å². The third-order valence-corrected chi connectivity index (χ3v) is 7.74. The highest BCUT2D eigenvalue weighted by Crippen LogP contribution is 2.30. The molecule has 1 aliphatic rings. The molecule has 4 aromatic heterocycles. The molecule has 0 amide bonds. The summed E-state index contributed by atoms with van der Waals surface area (Å²) in [5, 5.41) is 4.39. The molecule has 0 atom stereocenters. The lowest BCUT2D eigenvalue weighted by Gasteiger charge is -2.29. The summed E-state index contributed by atoms with van der Waals surface area (Å²) >= 11 is 12.4. The number of nitrogens with one attached hydrogen (secondary N) is 2. The van der Waals surface area contributed by atoms with E-state index in [0.29, 0.717) is 34.9 Å². The van der Waals surface area contributed by atoms with Gasteiger partial charge in [0.15, 0.2) is 17.0 Å². The molecule has 0 saturated carbocycles. The number of hydrogen-bond donors (Lipinski definition) is 2. The molecule has 0 aliphatic carbocycles. The number of anilines is 2. The lowest BCUT2D eigenvalue weighted by molar-refractivity contribution is 0.563. The molecule has 0 saturated heterocycles. The number of imidazole rings is 3. The van der Waals surface area contributed by atoms with Crippen molar-refractivity contribution in [1.82, 2.24) is 39.0 Å². The Hall–Kier alpha value is -4.15. The highest BCUT2D eigenvalue weighted by Gasteiger charge is 2.25. The van der Waals surface area contributed by atoms with Crippen LogP contribution in [-0.4, -0.2) is 45.6 Å². The van der Waals surface area contributed by atoms with E-state index in [4.69, 9.17) is 38.2 Å². The van der Waals surface area contributed by atoms with Gasteiger partial charge < -0.3 is 24.3 Å². The zero-order valence-electron chi connectivity index (χ0n) is 21.1. The first-order chi connectivity index (χ1) is 19.1. The van der Waals surface area contributed by atoms with E-state index in [2.05, 4.69) is 48.8 Å². The molecular weight excluding hydrogens is 535 g/mol. The number of hydrogen-bond acceptors (Lipinski definition) is 7. The summed E-state index contributed by atoms with van der Waals surface area (Å²) in [4.78, 5) is 29.4. The molecule has 2 N–H and O–H groups in total. The second-order valence-corrected chi connectivity index (χ2v) is 10.2. The monoisotopic (exact) mass is 558 g/mol. The van der Waals surface area contributed by atoms with Crippen molar-refractivity contribution in [3.05, 3.63) is 76.7 Å². The summed E-state index contributed by atoms with van der Waals surface area (Å²) in [5.41, 5.74) is 6.32. The number of halogens is 2. The zero-order chi connectivity index (χ0) is 26.5. The summed E-state index contributed by atoms with van der Waals surface area (Å²) in [6, 6.07) is 13.8. The second-order valence-electron chi connectivity index (χ2n) is 9.42. The summed E-state index contributed by atoms with van der Waals surface area (Å²) < 4.78 is 4.24. The minimum Gasteiger partial charge on any atom is -0.361 e. The van der Waals surface area contributed by atoms with Crippen LogP contribution in [0.2, 0.25) is 10.0 Å². The van der Waals surface area contributed by atoms with E-state index in [9.17, 15) is 0 Å². The summed E-state index contributed by atoms with van der Waals surface area (Å²) in [6.45, 7) is 5.47. The molecule has 2 aromatic carbocycles. The van der Waals surface area contributed by atoms with Gasteiger partial charge >= 0.3 is 0 Å². The lowest BCUT2D eigenvalue weighted by atomic mass is 10.1. The largest absolute Gasteiger partial charge is 0.361 e. The third kappa shape index (κ3) is 4.25. The van der Waals surface area contributed by atoms with Crippen LogP contribution in [0.4, 0.5) is 11.8 Å². The predicted molar refractivity (Wildman–Crippen MR) is 153 cm³/mol. The fourth-order valence-corrected chi connectivity index (χ4v) is 5.32. The van der Waals surface area contributed by atoms with Gasteiger partial charge in [0, 0.05) is 25.2 Å². The van der Waals surface area contributed by atoms with Crippen molar-refractivity contribution >= 4 is 57.2 Å². The van der Waals surface area contributed by atoms with Crippen LogP contribution in [0, 0.1) is 0 Å². The van der Waals surface area contributed by atoms with Gasteiger partial charge in [0.1, 0.15) is 5.82 Å². The maximum Gasteiger partial charge on any atom is 0.229 e. The molecule has 10 nitrogen and oxygen atoms in total. The van der Waals surface area contributed by atoms with Gasteiger partial charge in [0.2, 0.25) is 5.95 Å². The topological polar surface area (TPSA) is 105 Å². The average Bonchev–Trinajstić information content (AvgIpc) is 3.68. The van der Waals surface area contributed by atoms with Crippen molar-refractivity contribution in [3.8, 4) is 11.3 Å². The van der Waals surface area contributed by atoms with Crippen LogP contribution in [-0.2, 0) is 26.2 Å². The number of rotatable bonds is 6. The first-order valence-corrected chi connectivity index (χ1v) is 13.5. The molecular formula is C27H24Cl2N10. The van der Waals surface area contributed by atoms with Crippen molar-refractivity contribution in [2.75, 3.05) is 16.8 Å². The standard InChI is InChI=1S/C27H24Cl2N10/c1-2-37-14-32-24-25(30-12-22-33-19-10-17(28)18(29)11-20(19)34-22)35-27(36-26(24)37)38-8-9-39-15-31-23(21(39)13-38)16-6-4-3-5-7-16/h3-7,10-11,14-15H,2,8-9,12-13H2,1H3,(H,33,34)(H,30,35,36). The Kier molecular flexibility index (Phi) is 5.86. The van der Waals surface area contributed by atoms with Crippen molar-refractivity contribution in [2.45, 2.75) is 33.1 Å². The van der Waals surface area contributed by atoms with Crippen LogP contribution in [0.3, 0.4) is 0 Å². The Morgan fingerprint density at radius 2 is 1.82 bits per heavy atom. The van der Waals surface area contributed by atoms with E-state index in [1.807, 2.05) is 29.1 Å². The molecule has 0 fully saturated rings. The van der Waals surface area contributed by atoms with Gasteiger partial charge in [-0.05, 0) is 19.1 Å². The van der Waals surface area contributed by atoms with Crippen LogP contribution >= 0.6 is 23.2 Å². The van der Waals surface area contributed by atoms with Crippen LogP contribution in [0.25, 0.3) is 33.5 Å². The normalized spacial score (nSPS) is 13.4. The summed E-state index contributed by atoms with van der Waals surface area (Å²) in [6.07, 6.45) is 3.73. The molecule has 7 rings (SSSR count). The molecule has 196 valence electrons. The molecule has 0 spiro atoms. The Morgan fingerprint density at radius 1 is 0.974 bits per heavy atom. The summed E-state index contributed by atoms with van der Waals surface area (Å²) in [7, 11) is 0. The lowest BCUT2D eigenvalue weighted by Crippen LogP contribution is -2.34. The first kappa shape index (κ1) is 23.9. The van der Waals surface area contributed by atoms with Crippen molar-refractivity contribution in [2.24, 2.45) is 0 Å². The van der Waals surface area contributed by atoms with Gasteiger partial charge in [0.25, 0.3) is 0 Å². The molecule has 0 bridgehead atoms. The van der Waals surface area contributed by atoms with Crippen molar-refractivity contribution < 1.29 is 0 Å². The van der Waals surface area contributed by atoms with Crippen LogP contribution in [0.5, 0.6) is 0 Å². The van der Waals surface area contributed by atoms with Gasteiger partial charge in [0.05, 0.1) is 58.2 Å². The van der Waals surface area contributed by atoms with Gasteiger partial charge in [-0.3, -0.25) is 0 Å². The van der Waals surface area contributed by atoms with E-state index in [-0.39, 0.29) is 0 Å². The first-order valence-electron chi connectivity index (χ1n) is 12.7. The molecule has 39 heavy (non-hydrogen) atoms. The Labute approximate surface area is 233 Å². The third-order valence-electron chi connectivity index (χ3n) is 7.02. The maximum atomic E-state index is 6.18. The molecule has 0 radical (unpaired) electrons. The number of aryl methyl sites for hydroxylation is 1. The fraction of sp³-hybridized carbons (Fsp3) is 0.222. The van der Waals surface area contributed by atoms with E-state index in [0.717, 1.165) is 64.6 Å². The maximum absolute atomic E-state index is 6.18. The SMILES string of the molecule is CCn1cnc2c(NCc3nc4cc(Cl)c(Cl)cc4[nH]3)nc(N3CCn4cnc(-c5ccccc5)c4C3)nc21. The molecule has 1 aliphatic heterocycles. The van der Waals surface area contributed by atoms with E-state index in [1.165, 1.54) is 0 Å². The van der Waals surface area contributed by atoms with Crippen molar-refractivity contribution in [1.29, 1.82) is 0 Å². The van der Waals surface area contributed by atoms with Gasteiger partial charge in [-0.25, -0.2) is 15.0 Å². The molecule has 12 heteroatoms. The quantitative estimate of drug-likeness (QED) is 0.277. The fourth-order valence-electron chi connectivity index (χ4n) is 5.00. The van der Waals surface area contributed by atoms with Gasteiger partial charge in [-0.2, -0.15) is 9.97 Å². The highest BCUT2D eigenvalue weighted by atomic mass is 35.5. The van der Waals surface area contributed by atoms with Gasteiger partial charge in [-0.15, -0.1) is 0 Å². The number of nitrogens with zero attached hydrogens (tertiary/aromatic N) is 8. The minimum absolute atomic E-state index is 0.416. The van der Waals surface area contributed by atoms with Crippen LogP contribution in [0.15, 0.2) is 55.1 Å². The molecule has 0 unspecified atom stereocenters. The smallest absolute Gasteiger partial charge is 0.229 e. The van der Waals surface area contributed by atoms with Crippen LogP contribution in [0.1, 0.15) is 18.4 Å². The minimum atomic E-state index is 0.416. The predicted octanol–water partition coefficient (Wildman–Crippen LogP) is 5.53. The van der Waals surface area contributed by atoms with Crippen LogP contribution < -0.4 is 10.2 Å². The summed E-state index contributed by atoms with van der Waals surface area (Å²) in [5.74, 6) is 2.04. The number of aromatic nitrogens is 8. The number of benzene rings is 2. The Balaban J connectivity index is 1.22. The molecule has 5 heterocycles. The average molecular weight is 559 g/mol. The van der Waals surface area contributed by atoms with E-state index >= 15 is 0 Å². The number of fused-ring (bicyclic) bond motifs is 3. The van der Waals surface area contributed by atoms with Gasteiger partial charge in [-0.1, -0.05) is 53.5 Å². The Morgan fingerprint density at radius 3 is 2.67 bits per heavy atom. The molecule has 6 aromatic rings. The number of aromatic amines is 1. The Bertz CT molecular complexity index is 1780. The zero-order valence-corrected chi connectivity index (χ0v) is 22.6. The van der Waals surface area contributed by atoms with E-state index in [1.54, 1.807) is 18.5 Å². The second kappa shape index (κ2) is 9.55. The van der Waals surface area contributed by atoms with Crippen molar-refractivity contribution in [3.63, 3.8) is 0 Å². The number of H-pyrrole nitrogens is 1. The highest BCUT2D eigenvalue weighted by molar-refractivity contribution is 6.42.